The molecule has 2 heterocycles. The van der Waals surface area contributed by atoms with Gasteiger partial charge in [0.15, 0.2) is 0 Å². The van der Waals surface area contributed by atoms with E-state index in [0.29, 0.717) is 18.6 Å². The van der Waals surface area contributed by atoms with Crippen LogP contribution in [0.15, 0.2) is 54.4 Å². The van der Waals surface area contributed by atoms with E-state index >= 15 is 0 Å². The number of pyridine rings is 1. The molecular formula is C22H23FN2O4. The van der Waals surface area contributed by atoms with Crippen LogP contribution in [0.4, 0.5) is 4.39 Å². The first kappa shape index (κ1) is 20.7. The normalized spacial score (nSPS) is 18.6. The molecule has 1 fully saturated rings. The second kappa shape index (κ2) is 8.96. The largest absolute Gasteiger partial charge is 0.507 e. The first-order valence-electron chi connectivity index (χ1n) is 9.46. The summed E-state index contributed by atoms with van der Waals surface area (Å²) in [6.07, 6.45) is 3.76. The van der Waals surface area contributed by atoms with Gasteiger partial charge in [0, 0.05) is 31.1 Å². The van der Waals surface area contributed by atoms with Gasteiger partial charge in [0.05, 0.1) is 17.7 Å². The fourth-order valence-electron chi connectivity index (χ4n) is 3.31. The minimum Gasteiger partial charge on any atom is -0.507 e. The number of Topliss-reactive ketones (excluding diaryl/α,β-unsaturated/α-hetero) is 1. The van der Waals surface area contributed by atoms with Gasteiger partial charge in [0.1, 0.15) is 11.6 Å². The van der Waals surface area contributed by atoms with Crippen molar-refractivity contribution < 1.29 is 23.8 Å². The molecule has 0 aliphatic carbocycles. The number of benzene rings is 1. The van der Waals surface area contributed by atoms with Crippen LogP contribution in [0.2, 0.25) is 0 Å². The summed E-state index contributed by atoms with van der Waals surface area (Å²) in [7, 11) is 0. The van der Waals surface area contributed by atoms with Crippen LogP contribution in [0.1, 0.15) is 37.4 Å². The molecular weight excluding hydrogens is 375 g/mol. The van der Waals surface area contributed by atoms with Gasteiger partial charge in [-0.25, -0.2) is 4.39 Å². The van der Waals surface area contributed by atoms with E-state index in [1.165, 1.54) is 29.2 Å². The SMILES string of the molecule is CC(C)OCCCN1C(=O)C(=O)/C(=C(\O)c2ccc(F)cc2)C1c1cccnc1. The average molecular weight is 398 g/mol. The molecule has 0 saturated carbocycles. The Labute approximate surface area is 168 Å². The molecule has 1 aromatic heterocycles. The third kappa shape index (κ3) is 4.51. The summed E-state index contributed by atoms with van der Waals surface area (Å²) < 4.78 is 18.8. The number of nitrogens with zero attached hydrogens (tertiary/aromatic N) is 2. The average Bonchev–Trinajstić information content (AvgIpc) is 2.96. The van der Waals surface area contributed by atoms with Crippen molar-refractivity contribution in [3.63, 3.8) is 0 Å². The fourth-order valence-corrected chi connectivity index (χ4v) is 3.31. The van der Waals surface area contributed by atoms with E-state index in [1.807, 2.05) is 13.8 Å². The van der Waals surface area contributed by atoms with Crippen LogP contribution in [0.25, 0.3) is 5.76 Å². The number of amides is 1. The van der Waals surface area contributed by atoms with Crippen LogP contribution >= 0.6 is 0 Å². The van der Waals surface area contributed by atoms with Crippen molar-refractivity contribution in [1.82, 2.24) is 9.88 Å². The molecule has 6 nitrogen and oxygen atoms in total. The van der Waals surface area contributed by atoms with Crippen molar-refractivity contribution in [2.45, 2.75) is 32.4 Å². The van der Waals surface area contributed by atoms with E-state index < -0.39 is 23.5 Å². The molecule has 29 heavy (non-hydrogen) atoms. The maximum atomic E-state index is 13.3. The molecule has 1 aliphatic heterocycles. The number of hydrogen-bond acceptors (Lipinski definition) is 5. The molecule has 0 radical (unpaired) electrons. The van der Waals surface area contributed by atoms with Gasteiger partial charge in [-0.1, -0.05) is 6.07 Å². The van der Waals surface area contributed by atoms with Crippen LogP contribution in [0, 0.1) is 5.82 Å². The van der Waals surface area contributed by atoms with Gasteiger partial charge in [-0.15, -0.1) is 0 Å². The number of carbonyl (C=O) groups excluding carboxylic acids is 2. The van der Waals surface area contributed by atoms with Crippen LogP contribution in [0.5, 0.6) is 0 Å². The summed E-state index contributed by atoms with van der Waals surface area (Å²) in [6.45, 7) is 4.57. The summed E-state index contributed by atoms with van der Waals surface area (Å²) in [6, 6.07) is 7.80. The van der Waals surface area contributed by atoms with E-state index in [9.17, 15) is 19.1 Å². The molecule has 3 rings (SSSR count). The molecule has 1 aromatic carbocycles. The lowest BCUT2D eigenvalue weighted by Gasteiger charge is -2.25. The number of halogens is 1. The second-order valence-corrected chi connectivity index (χ2v) is 7.06. The van der Waals surface area contributed by atoms with Crippen molar-refractivity contribution in [2.24, 2.45) is 0 Å². The lowest BCUT2D eigenvalue weighted by molar-refractivity contribution is -0.140. The van der Waals surface area contributed by atoms with Crippen molar-refractivity contribution in [3.8, 4) is 0 Å². The quantitative estimate of drug-likeness (QED) is 0.334. The number of aromatic nitrogens is 1. The maximum absolute atomic E-state index is 13.3. The molecule has 2 aromatic rings. The topological polar surface area (TPSA) is 79.7 Å². The van der Waals surface area contributed by atoms with Crippen LogP contribution < -0.4 is 0 Å². The molecule has 1 aliphatic rings. The minimum atomic E-state index is -0.773. The number of aliphatic hydroxyl groups excluding tert-OH is 1. The molecule has 1 saturated heterocycles. The molecule has 1 unspecified atom stereocenters. The highest BCUT2D eigenvalue weighted by molar-refractivity contribution is 6.46. The van der Waals surface area contributed by atoms with Crippen LogP contribution in [-0.4, -0.2) is 45.9 Å². The first-order chi connectivity index (χ1) is 13.9. The Kier molecular flexibility index (Phi) is 6.39. The van der Waals surface area contributed by atoms with Crippen LogP contribution in [0.3, 0.4) is 0 Å². The molecule has 1 N–H and O–H groups in total. The zero-order valence-electron chi connectivity index (χ0n) is 16.3. The van der Waals surface area contributed by atoms with Gasteiger partial charge in [-0.05, 0) is 56.2 Å². The third-order valence-corrected chi connectivity index (χ3v) is 4.65. The Morgan fingerprint density at radius 1 is 1.24 bits per heavy atom. The Bertz CT molecular complexity index is 910. The Balaban J connectivity index is 1.99. The molecule has 1 amide bonds. The van der Waals surface area contributed by atoms with E-state index in [1.54, 1.807) is 24.5 Å². The van der Waals surface area contributed by atoms with Crippen LogP contribution in [-0.2, 0) is 14.3 Å². The number of ether oxygens (including phenoxy) is 1. The van der Waals surface area contributed by atoms with Crippen molar-refractivity contribution in [2.75, 3.05) is 13.2 Å². The number of ketones is 1. The predicted octanol–water partition coefficient (Wildman–Crippen LogP) is 3.46. The summed E-state index contributed by atoms with van der Waals surface area (Å²) in [5.74, 6) is -2.26. The highest BCUT2D eigenvalue weighted by Gasteiger charge is 2.45. The van der Waals surface area contributed by atoms with Gasteiger partial charge in [0.25, 0.3) is 11.7 Å². The van der Waals surface area contributed by atoms with Crippen molar-refractivity contribution in [3.05, 3.63) is 71.3 Å². The summed E-state index contributed by atoms with van der Waals surface area (Å²) in [5, 5.41) is 10.8. The van der Waals surface area contributed by atoms with Gasteiger partial charge >= 0.3 is 0 Å². The molecule has 152 valence electrons. The molecule has 7 heteroatoms. The highest BCUT2D eigenvalue weighted by atomic mass is 19.1. The lowest BCUT2D eigenvalue weighted by Crippen LogP contribution is -2.31. The lowest BCUT2D eigenvalue weighted by atomic mass is 9.96. The van der Waals surface area contributed by atoms with Crippen molar-refractivity contribution in [1.29, 1.82) is 0 Å². The minimum absolute atomic E-state index is 0.0283. The standard InChI is InChI=1S/C22H23FN2O4/c1-14(2)29-12-4-11-25-19(16-5-3-10-24-13-16)18(21(27)22(25)28)20(26)15-6-8-17(23)9-7-15/h3,5-10,13-14,19,26H,4,11-12H2,1-2H3/b20-18-. The van der Waals surface area contributed by atoms with E-state index in [2.05, 4.69) is 4.98 Å². The summed E-state index contributed by atoms with van der Waals surface area (Å²) >= 11 is 0. The number of aliphatic hydroxyl groups is 1. The van der Waals surface area contributed by atoms with Gasteiger partial charge in [-0.3, -0.25) is 14.6 Å². The molecule has 1 atom stereocenters. The smallest absolute Gasteiger partial charge is 0.295 e. The fraction of sp³-hybridized carbons (Fsp3) is 0.318. The zero-order chi connectivity index (χ0) is 21.0. The number of hydrogen-bond donors (Lipinski definition) is 1. The Morgan fingerprint density at radius 3 is 2.59 bits per heavy atom. The van der Waals surface area contributed by atoms with E-state index in [-0.39, 0.29) is 29.5 Å². The Hall–Kier alpha value is -3.06. The maximum Gasteiger partial charge on any atom is 0.295 e. The van der Waals surface area contributed by atoms with Gasteiger partial charge < -0.3 is 14.7 Å². The van der Waals surface area contributed by atoms with E-state index in [0.717, 1.165) is 0 Å². The summed E-state index contributed by atoms with van der Waals surface area (Å²) in [5.41, 5.74) is 0.848. The van der Waals surface area contributed by atoms with Gasteiger partial charge in [-0.2, -0.15) is 0 Å². The van der Waals surface area contributed by atoms with Crippen molar-refractivity contribution >= 4 is 17.4 Å². The van der Waals surface area contributed by atoms with E-state index in [4.69, 9.17) is 4.74 Å². The number of carbonyl (C=O) groups is 2. The molecule has 0 spiro atoms. The highest BCUT2D eigenvalue weighted by Crippen LogP contribution is 2.39. The zero-order valence-corrected chi connectivity index (χ0v) is 16.3. The number of likely N-dealkylation sites (tertiary alicyclic amines) is 1. The Morgan fingerprint density at radius 2 is 1.97 bits per heavy atom. The second-order valence-electron chi connectivity index (χ2n) is 7.06. The third-order valence-electron chi connectivity index (χ3n) is 4.65. The first-order valence-corrected chi connectivity index (χ1v) is 9.46. The monoisotopic (exact) mass is 398 g/mol. The van der Waals surface area contributed by atoms with Gasteiger partial charge in [0.2, 0.25) is 0 Å². The molecule has 0 bridgehead atoms. The summed E-state index contributed by atoms with van der Waals surface area (Å²) in [4.78, 5) is 31.0. The number of rotatable bonds is 7. The predicted molar refractivity (Wildman–Crippen MR) is 105 cm³/mol.